The van der Waals surface area contributed by atoms with Crippen LogP contribution in [0.3, 0.4) is 0 Å². The highest BCUT2D eigenvalue weighted by Crippen LogP contribution is 2.42. The predicted molar refractivity (Wildman–Crippen MR) is 62.2 cm³/mol. The number of fused-ring (bicyclic) bond motifs is 2. The van der Waals surface area contributed by atoms with Crippen molar-refractivity contribution in [3.63, 3.8) is 0 Å². The number of hydrogen-bond acceptors (Lipinski definition) is 4. The van der Waals surface area contributed by atoms with Crippen molar-refractivity contribution in [2.45, 2.75) is 24.9 Å². The van der Waals surface area contributed by atoms with Gasteiger partial charge in [-0.3, -0.25) is 10.1 Å². The molecule has 2 aliphatic rings. The van der Waals surface area contributed by atoms with Gasteiger partial charge in [0.25, 0.3) is 5.91 Å². The molecule has 1 aromatic carbocycles. The van der Waals surface area contributed by atoms with E-state index >= 15 is 0 Å². The maximum absolute atomic E-state index is 12.0. The Morgan fingerprint density at radius 3 is 2.89 bits per heavy atom. The molecule has 0 saturated carbocycles. The van der Waals surface area contributed by atoms with Gasteiger partial charge >= 0.3 is 6.09 Å². The largest absolute Gasteiger partial charge is 0.497 e. The molecule has 1 aliphatic carbocycles. The number of hydrogen-bond donors (Lipinski definition) is 1. The monoisotopic (exact) mass is 247 g/mol. The van der Waals surface area contributed by atoms with Crippen molar-refractivity contribution >= 4 is 12.0 Å². The van der Waals surface area contributed by atoms with Crippen molar-refractivity contribution in [2.24, 2.45) is 0 Å². The Bertz CT molecular complexity index is 540. The molecule has 1 N–H and O–H groups in total. The third kappa shape index (κ3) is 1.40. The summed E-state index contributed by atoms with van der Waals surface area (Å²) in [5.41, 5.74) is 0.653. The molecule has 1 aromatic rings. The smallest absolute Gasteiger partial charge is 0.415 e. The van der Waals surface area contributed by atoms with Crippen LogP contribution in [-0.2, 0) is 21.6 Å². The second-order valence-electron chi connectivity index (χ2n) is 4.55. The van der Waals surface area contributed by atoms with Gasteiger partial charge in [-0.05, 0) is 30.5 Å². The Balaban J connectivity index is 2.12. The van der Waals surface area contributed by atoms with Crippen LogP contribution in [0.2, 0.25) is 0 Å². The van der Waals surface area contributed by atoms with Crippen LogP contribution < -0.4 is 10.1 Å². The minimum absolute atomic E-state index is 0.362. The summed E-state index contributed by atoms with van der Waals surface area (Å²) in [7, 11) is 1.60. The molecule has 0 aromatic heterocycles. The van der Waals surface area contributed by atoms with Crippen LogP contribution in [0.5, 0.6) is 5.75 Å². The molecule has 18 heavy (non-hydrogen) atoms. The molecular formula is C13H13NO4. The summed E-state index contributed by atoms with van der Waals surface area (Å²) in [6.07, 6.45) is 1.54. The SMILES string of the molecule is COc1ccc2c(c1)CCCC21OC(=O)NC1=O. The van der Waals surface area contributed by atoms with Crippen molar-refractivity contribution in [2.75, 3.05) is 7.11 Å². The average molecular weight is 247 g/mol. The number of nitrogens with one attached hydrogen (secondary N) is 1. The summed E-state index contributed by atoms with van der Waals surface area (Å²) >= 11 is 0. The highest BCUT2D eigenvalue weighted by atomic mass is 16.6. The van der Waals surface area contributed by atoms with Crippen molar-refractivity contribution in [3.8, 4) is 5.75 Å². The van der Waals surface area contributed by atoms with E-state index in [9.17, 15) is 9.59 Å². The number of carbonyl (C=O) groups excluding carboxylic acids is 2. The molecule has 2 amide bonds. The van der Waals surface area contributed by atoms with Gasteiger partial charge in [-0.15, -0.1) is 0 Å². The molecule has 0 bridgehead atoms. The predicted octanol–water partition coefficient (Wildman–Crippen LogP) is 1.49. The molecule has 1 spiro atoms. The van der Waals surface area contributed by atoms with Crippen molar-refractivity contribution < 1.29 is 19.1 Å². The van der Waals surface area contributed by atoms with Crippen LogP contribution in [0.4, 0.5) is 4.79 Å². The molecule has 1 heterocycles. The first kappa shape index (κ1) is 11.1. The summed E-state index contributed by atoms with van der Waals surface area (Å²) < 4.78 is 10.4. The Morgan fingerprint density at radius 1 is 1.39 bits per heavy atom. The number of rotatable bonds is 1. The van der Waals surface area contributed by atoms with Crippen molar-refractivity contribution in [1.29, 1.82) is 0 Å². The van der Waals surface area contributed by atoms with Crippen LogP contribution in [0.15, 0.2) is 18.2 Å². The van der Waals surface area contributed by atoms with Gasteiger partial charge in [0, 0.05) is 12.0 Å². The van der Waals surface area contributed by atoms with E-state index in [0.29, 0.717) is 6.42 Å². The van der Waals surface area contributed by atoms with Crippen LogP contribution in [0, 0.1) is 0 Å². The van der Waals surface area contributed by atoms with Gasteiger partial charge in [-0.1, -0.05) is 6.07 Å². The lowest BCUT2D eigenvalue weighted by Crippen LogP contribution is -2.39. The van der Waals surface area contributed by atoms with E-state index in [2.05, 4.69) is 5.32 Å². The number of methoxy groups -OCH3 is 1. The number of ether oxygens (including phenoxy) is 2. The summed E-state index contributed by atoms with van der Waals surface area (Å²) in [5, 5.41) is 2.22. The molecule has 1 fully saturated rings. The van der Waals surface area contributed by atoms with E-state index < -0.39 is 11.7 Å². The zero-order valence-electron chi connectivity index (χ0n) is 9.99. The van der Waals surface area contributed by atoms with E-state index in [1.165, 1.54) is 0 Å². The van der Waals surface area contributed by atoms with Gasteiger partial charge in [-0.25, -0.2) is 4.79 Å². The summed E-state index contributed by atoms with van der Waals surface area (Å²) in [5.74, 6) is 0.383. The minimum Gasteiger partial charge on any atom is -0.497 e. The molecule has 0 radical (unpaired) electrons. The van der Waals surface area contributed by atoms with Crippen molar-refractivity contribution in [1.82, 2.24) is 5.32 Å². The van der Waals surface area contributed by atoms with E-state index in [4.69, 9.17) is 9.47 Å². The van der Waals surface area contributed by atoms with Gasteiger partial charge in [0.2, 0.25) is 5.60 Å². The standard InChI is InChI=1S/C13H13NO4/c1-17-9-4-5-10-8(7-9)3-2-6-13(10)11(15)14-12(16)18-13/h4-5,7H,2-3,6H2,1H3,(H,14,15,16). The number of alkyl carbamates (subject to hydrolysis) is 1. The fourth-order valence-corrected chi connectivity index (χ4v) is 2.73. The van der Waals surface area contributed by atoms with Gasteiger partial charge in [0.05, 0.1) is 7.11 Å². The van der Waals surface area contributed by atoms with E-state index in [1.807, 2.05) is 12.1 Å². The Morgan fingerprint density at radius 2 is 2.22 bits per heavy atom. The van der Waals surface area contributed by atoms with E-state index in [0.717, 1.165) is 29.7 Å². The molecule has 5 nitrogen and oxygen atoms in total. The van der Waals surface area contributed by atoms with Crippen molar-refractivity contribution in [3.05, 3.63) is 29.3 Å². The Hall–Kier alpha value is -2.04. The van der Waals surface area contributed by atoms with Gasteiger partial charge in [-0.2, -0.15) is 0 Å². The molecule has 1 aliphatic heterocycles. The second-order valence-corrected chi connectivity index (χ2v) is 4.55. The zero-order chi connectivity index (χ0) is 12.8. The third-order valence-electron chi connectivity index (χ3n) is 3.57. The third-order valence-corrected chi connectivity index (χ3v) is 3.57. The number of carbonyl (C=O) groups is 2. The van der Waals surface area contributed by atoms with E-state index in [-0.39, 0.29) is 5.91 Å². The van der Waals surface area contributed by atoms with E-state index in [1.54, 1.807) is 13.2 Å². The minimum atomic E-state index is -1.13. The highest BCUT2D eigenvalue weighted by Gasteiger charge is 2.52. The lowest BCUT2D eigenvalue weighted by Gasteiger charge is -2.31. The number of amides is 2. The Kier molecular flexibility index (Phi) is 2.29. The first-order valence-electron chi connectivity index (χ1n) is 5.87. The fourth-order valence-electron chi connectivity index (χ4n) is 2.73. The topological polar surface area (TPSA) is 64.6 Å². The van der Waals surface area contributed by atoms with Crippen LogP contribution in [0.1, 0.15) is 24.0 Å². The molecule has 1 atom stereocenters. The first-order chi connectivity index (χ1) is 8.65. The number of benzene rings is 1. The average Bonchev–Trinajstić information content (AvgIpc) is 2.64. The fraction of sp³-hybridized carbons (Fsp3) is 0.385. The van der Waals surface area contributed by atoms with Gasteiger partial charge < -0.3 is 9.47 Å². The molecule has 1 saturated heterocycles. The lowest BCUT2D eigenvalue weighted by molar-refractivity contribution is -0.133. The van der Waals surface area contributed by atoms with Gasteiger partial charge in [0.1, 0.15) is 5.75 Å². The second kappa shape index (κ2) is 3.73. The molecule has 1 unspecified atom stereocenters. The van der Waals surface area contributed by atoms with Crippen LogP contribution in [0.25, 0.3) is 0 Å². The zero-order valence-corrected chi connectivity index (χ0v) is 9.99. The summed E-state index contributed by atoms with van der Waals surface area (Å²) in [6, 6.07) is 5.49. The number of aryl methyl sites for hydroxylation is 1. The molecule has 5 heteroatoms. The van der Waals surface area contributed by atoms with Crippen LogP contribution >= 0.6 is 0 Å². The summed E-state index contributed by atoms with van der Waals surface area (Å²) in [6.45, 7) is 0. The molecule has 3 rings (SSSR count). The quantitative estimate of drug-likeness (QED) is 0.816. The lowest BCUT2D eigenvalue weighted by atomic mass is 9.78. The maximum Gasteiger partial charge on any atom is 0.415 e. The van der Waals surface area contributed by atoms with Crippen LogP contribution in [-0.4, -0.2) is 19.1 Å². The first-order valence-corrected chi connectivity index (χ1v) is 5.87. The maximum atomic E-state index is 12.0. The summed E-state index contributed by atoms with van der Waals surface area (Å²) in [4.78, 5) is 23.3. The Labute approximate surface area is 104 Å². The number of imide groups is 1. The normalized spacial score (nSPS) is 25.6. The molecule has 94 valence electrons. The highest BCUT2D eigenvalue weighted by molar-refractivity contribution is 6.03. The van der Waals surface area contributed by atoms with Gasteiger partial charge in [0.15, 0.2) is 0 Å². The molecular weight excluding hydrogens is 234 g/mol.